The lowest BCUT2D eigenvalue weighted by Gasteiger charge is -2.23. The highest BCUT2D eigenvalue weighted by molar-refractivity contribution is 5.83. The number of ether oxygens (including phenoxy) is 2. The summed E-state index contributed by atoms with van der Waals surface area (Å²) in [5.74, 6) is -0.953. The Morgan fingerprint density at radius 1 is 1.28 bits per heavy atom. The van der Waals surface area contributed by atoms with Gasteiger partial charge < -0.3 is 20.1 Å². The van der Waals surface area contributed by atoms with Gasteiger partial charge in [0.15, 0.2) is 0 Å². The van der Waals surface area contributed by atoms with Crippen LogP contribution in [0, 0.1) is 0 Å². The van der Waals surface area contributed by atoms with Crippen molar-refractivity contribution < 1.29 is 19.1 Å². The maximum atomic E-state index is 11.3. The minimum absolute atomic E-state index is 0.0974. The Hall–Kier alpha value is -2.31. The Morgan fingerprint density at radius 3 is 2.28 bits per heavy atom. The lowest BCUT2D eigenvalue weighted by Crippen LogP contribution is -2.36. The van der Waals surface area contributed by atoms with E-state index < -0.39 is 11.9 Å². The van der Waals surface area contributed by atoms with Crippen LogP contribution in [0.25, 0.3) is 0 Å². The zero-order valence-electron chi connectivity index (χ0n) is 10.3. The first-order valence-electron chi connectivity index (χ1n) is 5.16. The van der Waals surface area contributed by atoms with Crippen LogP contribution >= 0.6 is 0 Å². The fraction of sp³-hybridized carbons (Fsp3) is 0.364. The van der Waals surface area contributed by atoms with Gasteiger partial charge in [-0.25, -0.2) is 0 Å². The lowest BCUT2D eigenvalue weighted by atomic mass is 10.3. The predicted molar refractivity (Wildman–Crippen MR) is 64.9 cm³/mol. The Balaban J connectivity index is 2.93. The number of hydrogen-bond acceptors (Lipinski definition) is 7. The highest BCUT2D eigenvalue weighted by atomic mass is 16.5. The Labute approximate surface area is 104 Å². The zero-order valence-corrected chi connectivity index (χ0v) is 10.3. The van der Waals surface area contributed by atoms with Crippen LogP contribution in [0.2, 0.25) is 0 Å². The van der Waals surface area contributed by atoms with Crippen LogP contribution in [0.3, 0.4) is 0 Å². The molecule has 0 fully saturated rings. The number of esters is 2. The van der Waals surface area contributed by atoms with E-state index in [0.717, 1.165) is 0 Å². The van der Waals surface area contributed by atoms with Crippen LogP contribution in [-0.2, 0) is 19.1 Å². The van der Waals surface area contributed by atoms with E-state index in [-0.39, 0.29) is 13.1 Å². The first-order chi connectivity index (χ1) is 8.58. The number of carbonyl (C=O) groups excluding carboxylic acids is 2. The summed E-state index contributed by atoms with van der Waals surface area (Å²) in [4.78, 5) is 27.9. The molecule has 0 spiro atoms. The van der Waals surface area contributed by atoms with Crippen molar-refractivity contribution in [1.29, 1.82) is 0 Å². The summed E-state index contributed by atoms with van der Waals surface area (Å²) in [5.41, 5.74) is 6.64. The van der Waals surface area contributed by atoms with Crippen molar-refractivity contribution in [3.05, 3.63) is 18.5 Å². The van der Waals surface area contributed by atoms with E-state index in [1.807, 2.05) is 0 Å². The highest BCUT2D eigenvalue weighted by Crippen LogP contribution is 2.21. The van der Waals surface area contributed by atoms with Gasteiger partial charge >= 0.3 is 11.9 Å². The number of carbonyl (C=O) groups is 2. The van der Waals surface area contributed by atoms with E-state index >= 15 is 0 Å². The number of pyridine rings is 1. The monoisotopic (exact) mass is 253 g/mol. The number of rotatable bonds is 5. The van der Waals surface area contributed by atoms with Crippen LogP contribution in [-0.4, -0.2) is 44.2 Å². The Bertz CT molecular complexity index is 418. The van der Waals surface area contributed by atoms with E-state index in [9.17, 15) is 9.59 Å². The number of aromatic nitrogens is 1. The number of anilines is 2. The molecule has 2 N–H and O–H groups in total. The average Bonchev–Trinajstić information content (AvgIpc) is 2.38. The summed E-state index contributed by atoms with van der Waals surface area (Å²) < 4.78 is 9.14. The number of nitrogens with zero attached hydrogens (tertiary/aromatic N) is 2. The Morgan fingerprint density at radius 2 is 1.83 bits per heavy atom. The molecule has 1 rings (SSSR count). The van der Waals surface area contributed by atoms with Gasteiger partial charge in [0, 0.05) is 6.20 Å². The van der Waals surface area contributed by atoms with Crippen molar-refractivity contribution in [1.82, 2.24) is 4.98 Å². The number of nitrogen functional groups attached to an aromatic ring is 1. The van der Waals surface area contributed by atoms with Gasteiger partial charge in [-0.3, -0.25) is 14.6 Å². The maximum Gasteiger partial charge on any atom is 0.325 e. The third kappa shape index (κ3) is 3.62. The molecule has 7 heteroatoms. The SMILES string of the molecule is COC(=O)CN(CC(=O)OC)c1ccncc1N. The van der Waals surface area contributed by atoms with Gasteiger partial charge in [-0.05, 0) is 6.07 Å². The van der Waals surface area contributed by atoms with Crippen LogP contribution < -0.4 is 10.6 Å². The van der Waals surface area contributed by atoms with Crippen molar-refractivity contribution in [3.8, 4) is 0 Å². The highest BCUT2D eigenvalue weighted by Gasteiger charge is 2.17. The number of nitrogens with two attached hydrogens (primary N) is 1. The molecule has 18 heavy (non-hydrogen) atoms. The van der Waals surface area contributed by atoms with Crippen molar-refractivity contribution >= 4 is 23.3 Å². The second kappa shape index (κ2) is 6.43. The first-order valence-corrected chi connectivity index (χ1v) is 5.16. The number of methoxy groups -OCH3 is 2. The molecule has 0 radical (unpaired) electrons. The molecule has 7 nitrogen and oxygen atoms in total. The molecule has 1 aromatic rings. The topological polar surface area (TPSA) is 94.8 Å². The van der Waals surface area contributed by atoms with Crippen molar-refractivity contribution in [2.75, 3.05) is 37.9 Å². The average molecular weight is 253 g/mol. The fourth-order valence-corrected chi connectivity index (χ4v) is 1.35. The van der Waals surface area contributed by atoms with Crippen molar-refractivity contribution in [2.45, 2.75) is 0 Å². The van der Waals surface area contributed by atoms with E-state index in [1.165, 1.54) is 31.5 Å². The van der Waals surface area contributed by atoms with Gasteiger partial charge in [0.1, 0.15) is 13.1 Å². The normalized spacial score (nSPS) is 9.67. The summed E-state index contributed by atoms with van der Waals surface area (Å²) in [7, 11) is 2.54. The van der Waals surface area contributed by atoms with Crippen LogP contribution in [0.5, 0.6) is 0 Å². The van der Waals surface area contributed by atoms with Gasteiger partial charge in [-0.1, -0.05) is 0 Å². The summed E-state index contributed by atoms with van der Waals surface area (Å²) >= 11 is 0. The van der Waals surface area contributed by atoms with E-state index in [1.54, 1.807) is 6.07 Å². The quantitative estimate of drug-likeness (QED) is 0.727. The zero-order chi connectivity index (χ0) is 13.5. The van der Waals surface area contributed by atoms with E-state index in [0.29, 0.717) is 11.4 Å². The second-order valence-corrected chi connectivity index (χ2v) is 3.44. The molecule has 0 amide bonds. The van der Waals surface area contributed by atoms with Crippen LogP contribution in [0.4, 0.5) is 11.4 Å². The molecule has 0 aliphatic heterocycles. The molecule has 0 atom stereocenters. The summed E-state index contributed by atoms with van der Waals surface area (Å²) in [6.07, 6.45) is 2.96. The van der Waals surface area contributed by atoms with Gasteiger partial charge in [-0.2, -0.15) is 0 Å². The molecule has 98 valence electrons. The van der Waals surface area contributed by atoms with Crippen LogP contribution in [0.15, 0.2) is 18.5 Å². The van der Waals surface area contributed by atoms with Gasteiger partial charge in [0.25, 0.3) is 0 Å². The fourth-order valence-electron chi connectivity index (χ4n) is 1.35. The van der Waals surface area contributed by atoms with Crippen molar-refractivity contribution in [2.24, 2.45) is 0 Å². The lowest BCUT2D eigenvalue weighted by molar-refractivity contribution is -0.140. The smallest absolute Gasteiger partial charge is 0.325 e. The van der Waals surface area contributed by atoms with Gasteiger partial charge in [-0.15, -0.1) is 0 Å². The van der Waals surface area contributed by atoms with E-state index in [2.05, 4.69) is 14.5 Å². The third-order valence-corrected chi connectivity index (χ3v) is 2.26. The predicted octanol–water partition coefficient (Wildman–Crippen LogP) is -0.184. The molecule has 0 aromatic carbocycles. The first kappa shape index (κ1) is 13.8. The summed E-state index contributed by atoms with van der Waals surface area (Å²) in [5, 5.41) is 0. The molecule has 1 aromatic heterocycles. The largest absolute Gasteiger partial charge is 0.468 e. The second-order valence-electron chi connectivity index (χ2n) is 3.44. The molecule has 0 unspecified atom stereocenters. The summed E-state index contributed by atoms with van der Waals surface area (Å²) in [6.45, 7) is -0.195. The molecular weight excluding hydrogens is 238 g/mol. The summed E-state index contributed by atoms with van der Waals surface area (Å²) in [6, 6.07) is 1.61. The molecule has 1 heterocycles. The molecule has 0 aliphatic rings. The maximum absolute atomic E-state index is 11.3. The van der Waals surface area contributed by atoms with Gasteiger partial charge in [0.2, 0.25) is 0 Å². The molecule has 0 bridgehead atoms. The molecule has 0 saturated carbocycles. The Kier molecular flexibility index (Phi) is 4.91. The van der Waals surface area contributed by atoms with Crippen molar-refractivity contribution in [3.63, 3.8) is 0 Å². The van der Waals surface area contributed by atoms with E-state index in [4.69, 9.17) is 5.73 Å². The standard InChI is InChI=1S/C11H15N3O4/c1-17-10(15)6-14(7-11(16)18-2)9-3-4-13-5-8(9)12/h3-5H,6-7,12H2,1-2H3. The minimum Gasteiger partial charge on any atom is -0.468 e. The molecular formula is C11H15N3O4. The number of hydrogen-bond donors (Lipinski definition) is 1. The molecule has 0 saturated heterocycles. The third-order valence-electron chi connectivity index (χ3n) is 2.26. The van der Waals surface area contributed by atoms with Crippen LogP contribution in [0.1, 0.15) is 0 Å². The molecule has 0 aliphatic carbocycles. The van der Waals surface area contributed by atoms with Gasteiger partial charge in [0.05, 0.1) is 31.8 Å². The minimum atomic E-state index is -0.477.